The van der Waals surface area contributed by atoms with E-state index in [2.05, 4.69) is 5.32 Å². The Balaban J connectivity index is 1.66. The van der Waals surface area contributed by atoms with Gasteiger partial charge in [0.15, 0.2) is 16.4 Å². The Labute approximate surface area is 144 Å². The summed E-state index contributed by atoms with van der Waals surface area (Å²) in [6.45, 7) is 3.27. The number of hydrogen-bond acceptors (Lipinski definition) is 6. The van der Waals surface area contributed by atoms with Crippen molar-refractivity contribution in [2.75, 3.05) is 18.1 Å². The number of carbonyl (C=O) groups is 1. The van der Waals surface area contributed by atoms with Gasteiger partial charge >= 0.3 is 5.63 Å². The highest BCUT2D eigenvalue weighted by Gasteiger charge is 2.39. The van der Waals surface area contributed by atoms with E-state index >= 15 is 0 Å². The van der Waals surface area contributed by atoms with Gasteiger partial charge in [-0.15, -0.1) is 0 Å². The normalized spacial score (nSPS) is 22.0. The third kappa shape index (κ3) is 4.01. The van der Waals surface area contributed by atoms with Gasteiger partial charge in [-0.3, -0.25) is 4.79 Å². The Morgan fingerprint density at radius 1 is 1.36 bits per heavy atom. The molecule has 1 saturated heterocycles. The van der Waals surface area contributed by atoms with Gasteiger partial charge in [0.25, 0.3) is 5.91 Å². The van der Waals surface area contributed by atoms with Gasteiger partial charge in [0.1, 0.15) is 11.3 Å². The lowest BCUT2D eigenvalue weighted by Crippen LogP contribution is -2.48. The van der Waals surface area contributed by atoms with Gasteiger partial charge in [0, 0.05) is 17.5 Å². The minimum atomic E-state index is -3.10. The number of aryl methyl sites for hydroxylation is 1. The number of sulfone groups is 1. The van der Waals surface area contributed by atoms with Gasteiger partial charge in [0.05, 0.1) is 17.0 Å². The second-order valence-corrected chi connectivity index (χ2v) is 8.83. The highest BCUT2D eigenvalue weighted by atomic mass is 32.2. The molecule has 25 heavy (non-hydrogen) atoms. The molecule has 1 atom stereocenters. The smallest absolute Gasteiger partial charge is 0.336 e. The first kappa shape index (κ1) is 17.5. The molecular formula is C17H19NO6S. The largest absolute Gasteiger partial charge is 0.484 e. The predicted molar refractivity (Wildman–Crippen MR) is 92.5 cm³/mol. The SMILES string of the molecule is Cc1cc(=O)oc2cc(OCC(=O)NC3(C)CCS(=O)(=O)C3)ccc12. The quantitative estimate of drug-likeness (QED) is 0.816. The van der Waals surface area contributed by atoms with Crippen molar-refractivity contribution in [1.82, 2.24) is 5.32 Å². The van der Waals surface area contributed by atoms with E-state index in [-0.39, 0.29) is 18.1 Å². The first-order chi connectivity index (χ1) is 11.7. The summed E-state index contributed by atoms with van der Waals surface area (Å²) in [5.74, 6) is 0.00539. The van der Waals surface area contributed by atoms with Crippen LogP contribution in [-0.2, 0) is 14.6 Å². The van der Waals surface area contributed by atoms with Crippen molar-refractivity contribution in [3.63, 3.8) is 0 Å². The predicted octanol–water partition coefficient (Wildman–Crippen LogP) is 1.17. The van der Waals surface area contributed by atoms with Crippen LogP contribution in [0.3, 0.4) is 0 Å². The fourth-order valence-corrected chi connectivity index (χ4v) is 5.12. The third-order valence-electron chi connectivity index (χ3n) is 4.24. The number of fused-ring (bicyclic) bond motifs is 1. The van der Waals surface area contributed by atoms with Crippen LogP contribution < -0.4 is 15.7 Å². The molecule has 0 bridgehead atoms. The summed E-state index contributed by atoms with van der Waals surface area (Å²) in [5, 5.41) is 3.51. The standard InChI is InChI=1S/C17H19NO6S/c1-11-7-16(20)24-14-8-12(3-4-13(11)14)23-9-15(19)18-17(2)5-6-25(21,22)10-17/h3-4,7-8H,5-6,9-10H2,1-2H3,(H,18,19). The number of ether oxygens (including phenoxy) is 1. The third-order valence-corrected chi connectivity index (χ3v) is 6.14. The molecule has 2 aromatic rings. The number of carbonyl (C=O) groups excluding carboxylic acids is 1. The summed E-state index contributed by atoms with van der Waals surface area (Å²) in [7, 11) is -3.10. The van der Waals surface area contributed by atoms with Crippen LogP contribution in [0.2, 0.25) is 0 Å². The Hall–Kier alpha value is -2.35. The van der Waals surface area contributed by atoms with Gasteiger partial charge < -0.3 is 14.5 Å². The Morgan fingerprint density at radius 3 is 2.80 bits per heavy atom. The lowest BCUT2D eigenvalue weighted by Gasteiger charge is -2.23. The molecule has 0 saturated carbocycles. The number of nitrogens with one attached hydrogen (secondary N) is 1. The van der Waals surface area contributed by atoms with E-state index in [1.54, 1.807) is 25.1 Å². The van der Waals surface area contributed by atoms with Crippen LogP contribution in [-0.4, -0.2) is 38.0 Å². The molecule has 1 amide bonds. The van der Waals surface area contributed by atoms with Crippen LogP contribution in [0, 0.1) is 6.92 Å². The minimum Gasteiger partial charge on any atom is -0.484 e. The Kier molecular flexibility index (Phi) is 4.32. The van der Waals surface area contributed by atoms with Crippen molar-refractivity contribution in [3.8, 4) is 5.75 Å². The highest BCUT2D eigenvalue weighted by molar-refractivity contribution is 7.91. The molecule has 8 heteroatoms. The topological polar surface area (TPSA) is 103 Å². The zero-order chi connectivity index (χ0) is 18.2. The molecule has 3 rings (SSSR count). The average Bonchev–Trinajstić information content (AvgIpc) is 2.77. The zero-order valence-electron chi connectivity index (χ0n) is 14.0. The summed E-state index contributed by atoms with van der Waals surface area (Å²) >= 11 is 0. The average molecular weight is 365 g/mol. The maximum atomic E-state index is 12.1. The van der Waals surface area contributed by atoms with E-state index in [9.17, 15) is 18.0 Å². The van der Waals surface area contributed by atoms with Crippen molar-refractivity contribution >= 4 is 26.7 Å². The van der Waals surface area contributed by atoms with Crippen LogP contribution in [0.5, 0.6) is 5.75 Å². The summed E-state index contributed by atoms with van der Waals surface area (Å²) in [6, 6.07) is 6.40. The Morgan fingerprint density at radius 2 is 2.12 bits per heavy atom. The van der Waals surface area contributed by atoms with Gasteiger partial charge in [0.2, 0.25) is 0 Å². The molecule has 1 aliphatic rings. The molecule has 2 heterocycles. The van der Waals surface area contributed by atoms with Crippen molar-refractivity contribution in [2.45, 2.75) is 25.8 Å². The summed E-state index contributed by atoms with van der Waals surface area (Å²) in [5.41, 5.74) is -0.0232. The first-order valence-electron chi connectivity index (χ1n) is 7.85. The highest BCUT2D eigenvalue weighted by Crippen LogP contribution is 2.24. The second kappa shape index (κ2) is 6.18. The zero-order valence-corrected chi connectivity index (χ0v) is 14.8. The number of amides is 1. The van der Waals surface area contributed by atoms with Gasteiger partial charge in [-0.1, -0.05) is 0 Å². The summed E-state index contributed by atoms with van der Waals surface area (Å²) in [4.78, 5) is 23.5. The molecule has 0 spiro atoms. The molecule has 1 aromatic carbocycles. The molecule has 134 valence electrons. The van der Waals surface area contributed by atoms with Crippen molar-refractivity contribution in [1.29, 1.82) is 0 Å². The number of benzene rings is 1. The lowest BCUT2D eigenvalue weighted by molar-refractivity contribution is -0.124. The minimum absolute atomic E-state index is 0.0633. The number of hydrogen-bond donors (Lipinski definition) is 1. The maximum absolute atomic E-state index is 12.1. The van der Waals surface area contributed by atoms with E-state index in [4.69, 9.17) is 9.15 Å². The fourth-order valence-electron chi connectivity index (χ4n) is 3.03. The molecular weight excluding hydrogens is 346 g/mol. The van der Waals surface area contributed by atoms with Gasteiger partial charge in [-0.25, -0.2) is 13.2 Å². The molecule has 1 N–H and O–H groups in total. The molecule has 1 fully saturated rings. The van der Waals surface area contributed by atoms with Crippen molar-refractivity contribution in [2.24, 2.45) is 0 Å². The molecule has 1 aliphatic heterocycles. The van der Waals surface area contributed by atoms with Crippen molar-refractivity contribution in [3.05, 3.63) is 40.2 Å². The lowest BCUT2D eigenvalue weighted by atomic mass is 10.0. The van der Waals surface area contributed by atoms with E-state index < -0.39 is 26.9 Å². The van der Waals surface area contributed by atoms with E-state index in [1.807, 2.05) is 6.92 Å². The van der Waals surface area contributed by atoms with Crippen LogP contribution in [0.4, 0.5) is 0 Å². The fraction of sp³-hybridized carbons (Fsp3) is 0.412. The van der Waals surface area contributed by atoms with Crippen LogP contribution in [0.1, 0.15) is 18.9 Å². The first-order valence-corrected chi connectivity index (χ1v) is 9.67. The van der Waals surface area contributed by atoms with E-state index in [0.29, 0.717) is 17.8 Å². The van der Waals surface area contributed by atoms with E-state index in [0.717, 1.165) is 10.9 Å². The van der Waals surface area contributed by atoms with Crippen LogP contribution in [0.25, 0.3) is 11.0 Å². The molecule has 0 aliphatic carbocycles. The monoisotopic (exact) mass is 365 g/mol. The molecule has 0 radical (unpaired) electrons. The molecule has 7 nitrogen and oxygen atoms in total. The summed E-state index contributed by atoms with van der Waals surface area (Å²) < 4.78 is 33.7. The van der Waals surface area contributed by atoms with E-state index in [1.165, 1.54) is 6.07 Å². The molecule has 1 aromatic heterocycles. The number of rotatable bonds is 4. The maximum Gasteiger partial charge on any atom is 0.336 e. The van der Waals surface area contributed by atoms with Gasteiger partial charge in [-0.05, 0) is 38.0 Å². The molecule has 1 unspecified atom stereocenters. The van der Waals surface area contributed by atoms with Gasteiger partial charge in [-0.2, -0.15) is 0 Å². The Bertz CT molecular complexity index is 994. The second-order valence-electron chi connectivity index (χ2n) is 6.65. The summed E-state index contributed by atoms with van der Waals surface area (Å²) in [6.07, 6.45) is 0.390. The van der Waals surface area contributed by atoms with Crippen LogP contribution in [0.15, 0.2) is 33.5 Å². The van der Waals surface area contributed by atoms with Crippen LogP contribution >= 0.6 is 0 Å². The van der Waals surface area contributed by atoms with Crippen molar-refractivity contribution < 1.29 is 22.4 Å².